The van der Waals surface area contributed by atoms with Crippen LogP contribution in [0.1, 0.15) is 30.3 Å². The van der Waals surface area contributed by atoms with Gasteiger partial charge in [-0.3, -0.25) is 9.69 Å². The van der Waals surface area contributed by atoms with Gasteiger partial charge in [0.2, 0.25) is 5.91 Å². The van der Waals surface area contributed by atoms with Gasteiger partial charge in [-0.05, 0) is 43.7 Å². The second kappa shape index (κ2) is 9.91. The van der Waals surface area contributed by atoms with Gasteiger partial charge in [0.15, 0.2) is 11.5 Å². The molecule has 3 aromatic rings. The number of thiazole rings is 1. The lowest BCUT2D eigenvalue weighted by molar-refractivity contribution is -0.123. The molecule has 30 heavy (non-hydrogen) atoms. The zero-order chi connectivity index (χ0) is 20.8. The van der Waals surface area contributed by atoms with E-state index >= 15 is 0 Å². The minimum Gasteiger partial charge on any atom is -0.493 e. The number of hydrogen-bond donors (Lipinski definition) is 1. The molecule has 1 N–H and O–H groups in total. The Labute approximate surface area is 180 Å². The molecule has 0 bridgehead atoms. The summed E-state index contributed by atoms with van der Waals surface area (Å²) in [5.41, 5.74) is 1.04. The molecule has 1 aromatic heterocycles. The predicted octanol–water partition coefficient (Wildman–Crippen LogP) is 4.03. The largest absolute Gasteiger partial charge is 0.493 e. The predicted molar refractivity (Wildman–Crippen MR) is 119 cm³/mol. The van der Waals surface area contributed by atoms with Crippen LogP contribution in [-0.4, -0.2) is 49.1 Å². The number of ether oxygens (including phenoxy) is 2. The van der Waals surface area contributed by atoms with Gasteiger partial charge in [0, 0.05) is 0 Å². The van der Waals surface area contributed by atoms with Crippen LogP contribution in [0, 0.1) is 0 Å². The molecule has 0 aliphatic carbocycles. The van der Waals surface area contributed by atoms with Gasteiger partial charge in [-0.1, -0.05) is 30.7 Å². The molecule has 0 unspecified atom stereocenters. The lowest BCUT2D eigenvalue weighted by atomic mass is 10.0. The molecular formula is C23H27N3O3S. The second-order valence-electron chi connectivity index (χ2n) is 7.35. The maximum Gasteiger partial charge on any atom is 0.234 e. The van der Waals surface area contributed by atoms with Crippen molar-refractivity contribution >= 4 is 27.5 Å². The van der Waals surface area contributed by atoms with Crippen LogP contribution in [0.3, 0.4) is 0 Å². The number of para-hydroxylation sites is 3. The molecule has 1 saturated heterocycles. The summed E-state index contributed by atoms with van der Waals surface area (Å²) >= 11 is 1.74. The van der Waals surface area contributed by atoms with Gasteiger partial charge in [-0.2, -0.15) is 0 Å². The normalized spacial score (nSPS) is 17.0. The molecular weight excluding hydrogens is 398 g/mol. The summed E-state index contributed by atoms with van der Waals surface area (Å²) in [6.07, 6.45) is 3.33. The Bertz CT molecular complexity index is 957. The zero-order valence-corrected chi connectivity index (χ0v) is 18.0. The van der Waals surface area contributed by atoms with Crippen molar-refractivity contribution in [1.82, 2.24) is 15.2 Å². The van der Waals surface area contributed by atoms with E-state index in [9.17, 15) is 4.79 Å². The number of piperidine rings is 1. The minimum absolute atomic E-state index is 0.0200. The molecule has 6 nitrogen and oxygen atoms in total. The molecule has 158 valence electrons. The van der Waals surface area contributed by atoms with E-state index in [1.165, 1.54) is 11.1 Å². The van der Waals surface area contributed by atoms with Gasteiger partial charge < -0.3 is 14.8 Å². The van der Waals surface area contributed by atoms with Crippen molar-refractivity contribution in [2.45, 2.75) is 25.3 Å². The lowest BCUT2D eigenvalue weighted by Crippen LogP contribution is -2.42. The first kappa shape index (κ1) is 20.6. The first-order valence-electron chi connectivity index (χ1n) is 10.4. The summed E-state index contributed by atoms with van der Waals surface area (Å²) < 4.78 is 12.2. The van der Waals surface area contributed by atoms with Crippen molar-refractivity contribution in [2.75, 3.05) is 33.4 Å². The average Bonchev–Trinajstić information content (AvgIpc) is 3.21. The fraction of sp³-hybridized carbons (Fsp3) is 0.391. The molecule has 4 rings (SSSR count). The number of methoxy groups -OCH3 is 1. The highest BCUT2D eigenvalue weighted by Gasteiger charge is 2.28. The van der Waals surface area contributed by atoms with E-state index in [1.807, 2.05) is 36.4 Å². The van der Waals surface area contributed by atoms with Crippen LogP contribution < -0.4 is 14.8 Å². The molecule has 1 amide bonds. The standard InChI is InChI=1S/C23H27N3O3S/c1-28-19-10-3-4-11-20(19)29-15-13-24-22(27)16-26-14-7-6-9-18(26)23-25-17-8-2-5-12-21(17)30-23/h2-5,8,10-12,18H,6-7,9,13-16H2,1H3,(H,24,27)/t18-/m1/s1. The van der Waals surface area contributed by atoms with Crippen molar-refractivity contribution in [3.8, 4) is 11.5 Å². The maximum atomic E-state index is 12.5. The van der Waals surface area contributed by atoms with Crippen LogP contribution in [0.4, 0.5) is 0 Å². The quantitative estimate of drug-likeness (QED) is 0.552. The number of carbonyl (C=O) groups is 1. The zero-order valence-electron chi connectivity index (χ0n) is 17.2. The fourth-order valence-electron chi connectivity index (χ4n) is 3.82. The van der Waals surface area contributed by atoms with Gasteiger partial charge >= 0.3 is 0 Å². The Balaban J connectivity index is 1.30. The first-order valence-corrected chi connectivity index (χ1v) is 11.2. The monoisotopic (exact) mass is 425 g/mol. The highest BCUT2D eigenvalue weighted by molar-refractivity contribution is 7.18. The van der Waals surface area contributed by atoms with E-state index in [1.54, 1.807) is 18.4 Å². The minimum atomic E-state index is 0.0200. The molecule has 1 atom stereocenters. The Kier molecular flexibility index (Phi) is 6.81. The van der Waals surface area contributed by atoms with Crippen LogP contribution in [0.15, 0.2) is 48.5 Å². The van der Waals surface area contributed by atoms with E-state index in [0.717, 1.165) is 29.9 Å². The van der Waals surface area contributed by atoms with E-state index in [-0.39, 0.29) is 11.9 Å². The number of benzene rings is 2. The summed E-state index contributed by atoms with van der Waals surface area (Å²) in [6, 6.07) is 15.9. The lowest BCUT2D eigenvalue weighted by Gasteiger charge is -2.33. The van der Waals surface area contributed by atoms with Crippen LogP contribution >= 0.6 is 11.3 Å². The highest BCUT2D eigenvalue weighted by Crippen LogP contribution is 2.35. The van der Waals surface area contributed by atoms with Gasteiger partial charge in [0.1, 0.15) is 11.6 Å². The number of nitrogens with zero attached hydrogens (tertiary/aromatic N) is 2. The average molecular weight is 426 g/mol. The topological polar surface area (TPSA) is 63.7 Å². The van der Waals surface area contributed by atoms with Crippen molar-refractivity contribution in [1.29, 1.82) is 0 Å². The number of carbonyl (C=O) groups excluding carboxylic acids is 1. The van der Waals surface area contributed by atoms with Gasteiger partial charge in [0.25, 0.3) is 0 Å². The Morgan fingerprint density at radius 2 is 1.97 bits per heavy atom. The van der Waals surface area contributed by atoms with Crippen molar-refractivity contribution in [3.05, 3.63) is 53.5 Å². The van der Waals surface area contributed by atoms with E-state index in [0.29, 0.717) is 31.2 Å². The number of hydrogen-bond acceptors (Lipinski definition) is 6. The SMILES string of the molecule is COc1ccccc1OCCNC(=O)CN1CCCC[C@@H]1c1nc2ccccc2s1. The third kappa shape index (κ3) is 4.91. The summed E-state index contributed by atoms with van der Waals surface area (Å²) in [5, 5.41) is 4.09. The molecule has 0 radical (unpaired) electrons. The van der Waals surface area contributed by atoms with Crippen LogP contribution in [0.25, 0.3) is 10.2 Å². The van der Waals surface area contributed by atoms with Crippen molar-refractivity contribution in [3.63, 3.8) is 0 Å². The molecule has 1 fully saturated rings. The molecule has 2 heterocycles. The molecule has 0 spiro atoms. The second-order valence-corrected chi connectivity index (χ2v) is 8.41. The van der Waals surface area contributed by atoms with Gasteiger partial charge in [0.05, 0.1) is 36.5 Å². The maximum absolute atomic E-state index is 12.5. The molecule has 1 aliphatic rings. The molecule has 2 aromatic carbocycles. The Morgan fingerprint density at radius 3 is 2.80 bits per heavy atom. The number of likely N-dealkylation sites (tertiary alicyclic amines) is 1. The van der Waals surface area contributed by atoms with E-state index in [2.05, 4.69) is 22.3 Å². The smallest absolute Gasteiger partial charge is 0.234 e. The third-order valence-electron chi connectivity index (χ3n) is 5.31. The third-order valence-corrected chi connectivity index (χ3v) is 6.44. The summed E-state index contributed by atoms with van der Waals surface area (Å²) in [4.78, 5) is 19.6. The number of amides is 1. The number of fused-ring (bicyclic) bond motifs is 1. The van der Waals surface area contributed by atoms with Crippen LogP contribution in [0.5, 0.6) is 11.5 Å². The first-order chi connectivity index (χ1) is 14.7. The number of aromatic nitrogens is 1. The molecule has 1 aliphatic heterocycles. The van der Waals surface area contributed by atoms with Crippen molar-refractivity contribution in [2.24, 2.45) is 0 Å². The summed E-state index contributed by atoms with van der Waals surface area (Å²) in [5.74, 6) is 1.39. The Hall–Kier alpha value is -2.64. The van der Waals surface area contributed by atoms with Crippen LogP contribution in [-0.2, 0) is 4.79 Å². The molecule has 0 saturated carbocycles. The van der Waals surface area contributed by atoms with Crippen molar-refractivity contribution < 1.29 is 14.3 Å². The number of rotatable bonds is 8. The fourth-order valence-corrected chi connectivity index (χ4v) is 4.96. The Morgan fingerprint density at radius 1 is 1.17 bits per heavy atom. The van der Waals surface area contributed by atoms with Crippen LogP contribution in [0.2, 0.25) is 0 Å². The van der Waals surface area contributed by atoms with E-state index in [4.69, 9.17) is 14.5 Å². The number of nitrogens with one attached hydrogen (secondary N) is 1. The van der Waals surface area contributed by atoms with Gasteiger partial charge in [-0.15, -0.1) is 11.3 Å². The summed E-state index contributed by atoms with van der Waals surface area (Å²) in [7, 11) is 1.62. The summed E-state index contributed by atoms with van der Waals surface area (Å²) in [6.45, 7) is 2.16. The highest BCUT2D eigenvalue weighted by atomic mass is 32.1. The molecule has 7 heteroatoms. The van der Waals surface area contributed by atoms with Gasteiger partial charge in [-0.25, -0.2) is 4.98 Å². The van der Waals surface area contributed by atoms with E-state index < -0.39 is 0 Å².